The predicted octanol–water partition coefficient (Wildman–Crippen LogP) is 4.85. The van der Waals surface area contributed by atoms with Gasteiger partial charge >= 0.3 is 0 Å². The van der Waals surface area contributed by atoms with E-state index in [1.165, 1.54) is 18.0 Å². The van der Waals surface area contributed by atoms with Crippen LogP contribution in [-0.2, 0) is 0 Å². The molecule has 0 atom stereocenters. The summed E-state index contributed by atoms with van der Waals surface area (Å²) >= 11 is 5.85. The van der Waals surface area contributed by atoms with Crippen LogP contribution >= 0.6 is 11.6 Å². The molecule has 0 saturated heterocycles. The van der Waals surface area contributed by atoms with Crippen LogP contribution in [0.15, 0.2) is 60.9 Å². The Hall–Kier alpha value is -2.92. The molecular weight excluding hydrogens is 348 g/mol. The molecule has 0 unspecified atom stereocenters. The molecule has 1 amide bonds. The first kappa shape index (κ1) is 17.9. The molecule has 0 saturated carbocycles. The van der Waals surface area contributed by atoms with E-state index in [1.54, 1.807) is 24.3 Å². The average Bonchev–Trinajstić information content (AvgIpc) is 2.65. The smallest absolute Gasteiger partial charge is 0.258 e. The number of benzene rings is 2. The van der Waals surface area contributed by atoms with E-state index in [4.69, 9.17) is 11.6 Å². The molecule has 0 radical (unpaired) electrons. The molecule has 3 rings (SSSR count). The zero-order valence-corrected chi connectivity index (χ0v) is 15.4. The first-order valence-electron chi connectivity index (χ1n) is 8.30. The number of carbonyl (C=O) groups is 1. The first-order valence-corrected chi connectivity index (χ1v) is 8.68. The number of aryl methyl sites for hydroxylation is 1. The number of anilines is 3. The second-order valence-corrected chi connectivity index (χ2v) is 6.25. The van der Waals surface area contributed by atoms with Crippen molar-refractivity contribution in [3.8, 4) is 0 Å². The third-order valence-electron chi connectivity index (χ3n) is 3.87. The standard InChI is InChI=1S/C20H19ClN4O/c1-3-25(18-6-4-5-14(2)11-18)20-22-12-15(13-23-20)19(26)24-17-9-7-16(21)8-10-17/h4-13H,3H2,1-2H3,(H,24,26). The molecule has 1 aromatic heterocycles. The Balaban J connectivity index is 1.76. The number of hydrogen-bond donors (Lipinski definition) is 1. The minimum Gasteiger partial charge on any atom is -0.322 e. The number of halogens is 1. The number of aromatic nitrogens is 2. The van der Waals surface area contributed by atoms with Gasteiger partial charge < -0.3 is 10.2 Å². The minimum atomic E-state index is -0.266. The van der Waals surface area contributed by atoms with Crippen molar-refractivity contribution >= 4 is 34.8 Å². The van der Waals surface area contributed by atoms with E-state index in [2.05, 4.69) is 21.4 Å². The van der Waals surface area contributed by atoms with Gasteiger partial charge in [-0.1, -0.05) is 23.7 Å². The Labute approximate surface area is 157 Å². The van der Waals surface area contributed by atoms with Gasteiger partial charge in [-0.3, -0.25) is 4.79 Å². The highest BCUT2D eigenvalue weighted by Crippen LogP contribution is 2.22. The zero-order chi connectivity index (χ0) is 18.5. The number of amides is 1. The predicted molar refractivity (Wildman–Crippen MR) is 105 cm³/mol. The maximum Gasteiger partial charge on any atom is 0.258 e. The molecule has 0 aliphatic carbocycles. The van der Waals surface area contributed by atoms with E-state index in [0.29, 0.717) is 22.2 Å². The van der Waals surface area contributed by atoms with Crippen molar-refractivity contribution in [2.24, 2.45) is 0 Å². The van der Waals surface area contributed by atoms with Gasteiger partial charge in [-0.15, -0.1) is 0 Å². The quantitative estimate of drug-likeness (QED) is 0.701. The van der Waals surface area contributed by atoms with Crippen molar-refractivity contribution in [2.45, 2.75) is 13.8 Å². The number of rotatable bonds is 5. The topological polar surface area (TPSA) is 58.1 Å². The Morgan fingerprint density at radius 1 is 1.12 bits per heavy atom. The highest BCUT2D eigenvalue weighted by molar-refractivity contribution is 6.30. The summed E-state index contributed by atoms with van der Waals surface area (Å²) < 4.78 is 0. The van der Waals surface area contributed by atoms with E-state index in [1.807, 2.05) is 36.9 Å². The maximum absolute atomic E-state index is 12.3. The van der Waals surface area contributed by atoms with Crippen molar-refractivity contribution in [3.05, 3.63) is 77.1 Å². The van der Waals surface area contributed by atoms with Crippen LogP contribution in [0.25, 0.3) is 0 Å². The van der Waals surface area contributed by atoms with Gasteiger partial charge in [0.05, 0.1) is 5.56 Å². The summed E-state index contributed by atoms with van der Waals surface area (Å²) in [5.41, 5.74) is 3.24. The van der Waals surface area contributed by atoms with Crippen molar-refractivity contribution < 1.29 is 4.79 Å². The third kappa shape index (κ3) is 4.18. The molecule has 26 heavy (non-hydrogen) atoms. The first-order chi connectivity index (χ1) is 12.6. The molecule has 1 heterocycles. The zero-order valence-electron chi connectivity index (χ0n) is 14.6. The molecule has 1 N–H and O–H groups in total. The van der Waals surface area contributed by atoms with Gasteiger partial charge in [0.1, 0.15) is 0 Å². The van der Waals surface area contributed by atoms with Gasteiger partial charge in [-0.05, 0) is 55.8 Å². The van der Waals surface area contributed by atoms with Gasteiger partial charge in [0.15, 0.2) is 0 Å². The summed E-state index contributed by atoms with van der Waals surface area (Å²) in [6, 6.07) is 15.1. The summed E-state index contributed by atoms with van der Waals surface area (Å²) in [5.74, 6) is 0.290. The van der Waals surface area contributed by atoms with E-state index >= 15 is 0 Å². The van der Waals surface area contributed by atoms with Crippen LogP contribution in [0.2, 0.25) is 5.02 Å². The fourth-order valence-corrected chi connectivity index (χ4v) is 2.68. The van der Waals surface area contributed by atoms with E-state index < -0.39 is 0 Å². The van der Waals surface area contributed by atoms with Gasteiger partial charge in [-0.25, -0.2) is 9.97 Å². The minimum absolute atomic E-state index is 0.266. The fraction of sp³-hybridized carbons (Fsp3) is 0.150. The van der Waals surface area contributed by atoms with Gasteiger partial charge in [-0.2, -0.15) is 0 Å². The second-order valence-electron chi connectivity index (χ2n) is 5.82. The molecule has 0 spiro atoms. The molecule has 0 aliphatic heterocycles. The molecule has 6 heteroatoms. The van der Waals surface area contributed by atoms with Crippen LogP contribution in [0.4, 0.5) is 17.3 Å². The summed E-state index contributed by atoms with van der Waals surface area (Å²) in [5, 5.41) is 3.41. The SMILES string of the molecule is CCN(c1cccc(C)c1)c1ncc(C(=O)Nc2ccc(Cl)cc2)cn1. The lowest BCUT2D eigenvalue weighted by molar-refractivity contribution is 0.102. The molecule has 0 fully saturated rings. The number of carbonyl (C=O) groups excluding carboxylic acids is 1. The molecule has 2 aromatic carbocycles. The summed E-state index contributed by atoms with van der Waals surface area (Å²) in [4.78, 5) is 23.1. The lowest BCUT2D eigenvalue weighted by atomic mass is 10.2. The maximum atomic E-state index is 12.3. The highest BCUT2D eigenvalue weighted by atomic mass is 35.5. The van der Waals surface area contributed by atoms with Crippen LogP contribution in [0.1, 0.15) is 22.8 Å². The largest absolute Gasteiger partial charge is 0.322 e. The van der Waals surface area contributed by atoms with Gasteiger partial charge in [0.25, 0.3) is 5.91 Å². The molecule has 132 valence electrons. The lowest BCUT2D eigenvalue weighted by Crippen LogP contribution is -2.20. The van der Waals surface area contributed by atoms with Crippen LogP contribution in [-0.4, -0.2) is 22.4 Å². The Morgan fingerprint density at radius 3 is 2.42 bits per heavy atom. The summed E-state index contributed by atoms with van der Waals surface area (Å²) in [7, 11) is 0. The molecular formula is C20H19ClN4O. The molecule has 5 nitrogen and oxygen atoms in total. The normalized spacial score (nSPS) is 10.4. The average molecular weight is 367 g/mol. The van der Waals surface area contributed by atoms with E-state index in [9.17, 15) is 4.79 Å². The third-order valence-corrected chi connectivity index (χ3v) is 4.13. The van der Waals surface area contributed by atoms with Crippen LogP contribution in [0.3, 0.4) is 0 Å². The summed E-state index contributed by atoms with van der Waals surface area (Å²) in [6.07, 6.45) is 3.07. The molecule has 0 aliphatic rings. The number of nitrogens with one attached hydrogen (secondary N) is 1. The van der Waals surface area contributed by atoms with Gasteiger partial charge in [0.2, 0.25) is 5.95 Å². The van der Waals surface area contributed by atoms with Crippen LogP contribution in [0, 0.1) is 6.92 Å². The number of nitrogens with zero attached hydrogens (tertiary/aromatic N) is 3. The van der Waals surface area contributed by atoms with Crippen LogP contribution in [0.5, 0.6) is 0 Å². The Morgan fingerprint density at radius 2 is 1.81 bits per heavy atom. The lowest BCUT2D eigenvalue weighted by Gasteiger charge is -2.21. The Kier molecular flexibility index (Phi) is 5.49. The molecule has 3 aromatic rings. The molecule has 0 bridgehead atoms. The van der Waals surface area contributed by atoms with E-state index in [-0.39, 0.29) is 5.91 Å². The highest BCUT2D eigenvalue weighted by Gasteiger charge is 2.13. The monoisotopic (exact) mass is 366 g/mol. The van der Waals surface area contributed by atoms with Crippen LogP contribution < -0.4 is 10.2 Å². The fourth-order valence-electron chi connectivity index (χ4n) is 2.55. The van der Waals surface area contributed by atoms with Crippen molar-refractivity contribution in [3.63, 3.8) is 0 Å². The number of hydrogen-bond acceptors (Lipinski definition) is 4. The second kappa shape index (κ2) is 7.97. The van der Waals surface area contributed by atoms with E-state index in [0.717, 1.165) is 12.2 Å². The van der Waals surface area contributed by atoms with Crippen molar-refractivity contribution in [1.29, 1.82) is 0 Å². The van der Waals surface area contributed by atoms with Crippen molar-refractivity contribution in [1.82, 2.24) is 9.97 Å². The van der Waals surface area contributed by atoms with Gasteiger partial charge in [0, 0.05) is 35.3 Å². The van der Waals surface area contributed by atoms with Crippen molar-refractivity contribution in [2.75, 3.05) is 16.8 Å². The summed E-state index contributed by atoms with van der Waals surface area (Å²) in [6.45, 7) is 4.80. The Bertz CT molecular complexity index is 894.